The largest absolute Gasteiger partial charge is 0.375 e. The molecule has 0 amide bonds. The maximum atomic E-state index is 13.7. The Morgan fingerprint density at radius 3 is 2.82 bits per heavy atom. The summed E-state index contributed by atoms with van der Waals surface area (Å²) in [5.41, 5.74) is -0.231. The van der Waals surface area contributed by atoms with Crippen molar-refractivity contribution in [3.05, 3.63) is 30.1 Å². The lowest BCUT2D eigenvalue weighted by Crippen LogP contribution is -2.61. The number of aromatic nitrogens is 1. The Bertz CT molecular complexity index is 661. The van der Waals surface area contributed by atoms with Gasteiger partial charge in [-0.15, -0.1) is 0 Å². The first-order valence-electron chi connectivity index (χ1n) is 10.8. The standard InChI is InChI=1S/C23H37N3O2/c1-18(2)9-13-25(5)19-10-14-26(16-19)23(11-15-28-22(3,4)17-23)21(27)20-8-6-7-12-24-20/h6-8,12,18-19H,9-11,13-17H2,1-5H3/t19-,23+/m0/s1. The average molecular weight is 388 g/mol. The second kappa shape index (κ2) is 8.60. The molecule has 5 heteroatoms. The van der Waals surface area contributed by atoms with Gasteiger partial charge in [0.15, 0.2) is 0 Å². The van der Waals surface area contributed by atoms with Crippen LogP contribution in [0, 0.1) is 5.92 Å². The van der Waals surface area contributed by atoms with Gasteiger partial charge < -0.3 is 9.64 Å². The van der Waals surface area contributed by atoms with E-state index >= 15 is 0 Å². The van der Waals surface area contributed by atoms with E-state index in [1.54, 1.807) is 6.20 Å². The van der Waals surface area contributed by atoms with E-state index in [9.17, 15) is 4.79 Å². The van der Waals surface area contributed by atoms with Gasteiger partial charge in [0.2, 0.25) is 5.78 Å². The molecule has 3 heterocycles. The molecule has 156 valence electrons. The van der Waals surface area contributed by atoms with Crippen LogP contribution in [0.5, 0.6) is 0 Å². The molecule has 2 aliphatic heterocycles. The first-order valence-corrected chi connectivity index (χ1v) is 10.8. The van der Waals surface area contributed by atoms with Crippen molar-refractivity contribution in [3.8, 4) is 0 Å². The van der Waals surface area contributed by atoms with Gasteiger partial charge in [-0.2, -0.15) is 0 Å². The molecular weight excluding hydrogens is 350 g/mol. The molecule has 3 rings (SSSR count). The molecule has 0 saturated carbocycles. The lowest BCUT2D eigenvalue weighted by molar-refractivity contribution is -0.104. The number of likely N-dealkylation sites (N-methyl/N-ethyl adjacent to an activating group) is 1. The number of likely N-dealkylation sites (tertiary alicyclic amines) is 1. The summed E-state index contributed by atoms with van der Waals surface area (Å²) in [6.45, 7) is 12.4. The molecule has 2 saturated heterocycles. The third-order valence-corrected chi connectivity index (χ3v) is 6.50. The van der Waals surface area contributed by atoms with Crippen molar-refractivity contribution >= 4 is 5.78 Å². The zero-order chi connectivity index (χ0) is 20.4. The highest BCUT2D eigenvalue weighted by Gasteiger charge is 2.52. The molecule has 0 radical (unpaired) electrons. The number of carbonyl (C=O) groups excluding carboxylic acids is 1. The number of nitrogens with zero attached hydrogens (tertiary/aromatic N) is 3. The van der Waals surface area contributed by atoms with Crippen molar-refractivity contribution in [2.45, 2.75) is 70.6 Å². The van der Waals surface area contributed by atoms with E-state index in [1.165, 1.54) is 6.42 Å². The summed E-state index contributed by atoms with van der Waals surface area (Å²) >= 11 is 0. The molecular formula is C23H37N3O2. The van der Waals surface area contributed by atoms with E-state index in [4.69, 9.17) is 4.74 Å². The summed E-state index contributed by atoms with van der Waals surface area (Å²) in [6, 6.07) is 6.14. The molecule has 0 aliphatic carbocycles. The minimum atomic E-state index is -0.510. The monoisotopic (exact) mass is 387 g/mol. The highest BCUT2D eigenvalue weighted by molar-refractivity contribution is 6.02. The van der Waals surface area contributed by atoms with Gasteiger partial charge in [-0.25, -0.2) is 0 Å². The van der Waals surface area contributed by atoms with Gasteiger partial charge in [0.05, 0.1) is 11.1 Å². The van der Waals surface area contributed by atoms with E-state index in [0.29, 0.717) is 24.3 Å². The maximum Gasteiger partial charge on any atom is 0.201 e. The summed E-state index contributed by atoms with van der Waals surface area (Å²) in [5.74, 6) is 0.878. The highest BCUT2D eigenvalue weighted by Crippen LogP contribution is 2.40. The normalized spacial score (nSPS) is 28.2. The number of pyridine rings is 1. The first-order chi connectivity index (χ1) is 13.2. The fourth-order valence-electron chi connectivity index (χ4n) is 4.82. The molecule has 2 atom stereocenters. The molecule has 2 fully saturated rings. The van der Waals surface area contributed by atoms with Crippen LogP contribution in [0.25, 0.3) is 0 Å². The molecule has 5 nitrogen and oxygen atoms in total. The van der Waals surface area contributed by atoms with E-state index in [0.717, 1.165) is 38.9 Å². The van der Waals surface area contributed by atoms with Crippen LogP contribution in [-0.4, -0.2) is 71.0 Å². The Morgan fingerprint density at radius 1 is 1.39 bits per heavy atom. The Morgan fingerprint density at radius 2 is 2.18 bits per heavy atom. The molecule has 1 aromatic rings. The zero-order valence-corrected chi connectivity index (χ0v) is 18.3. The minimum absolute atomic E-state index is 0.162. The lowest BCUT2D eigenvalue weighted by atomic mass is 9.76. The van der Waals surface area contributed by atoms with Crippen LogP contribution in [0.3, 0.4) is 0 Å². The predicted molar refractivity (Wildman–Crippen MR) is 113 cm³/mol. The Balaban J connectivity index is 1.81. The van der Waals surface area contributed by atoms with Crippen LogP contribution in [0.1, 0.15) is 63.9 Å². The summed E-state index contributed by atoms with van der Waals surface area (Å²) < 4.78 is 6.00. The molecule has 28 heavy (non-hydrogen) atoms. The molecule has 0 unspecified atom stereocenters. The predicted octanol–water partition coefficient (Wildman–Crippen LogP) is 3.64. The van der Waals surface area contributed by atoms with Gasteiger partial charge in [0.1, 0.15) is 5.69 Å². The molecule has 1 aromatic heterocycles. The van der Waals surface area contributed by atoms with E-state index in [-0.39, 0.29) is 11.4 Å². The van der Waals surface area contributed by atoms with Crippen LogP contribution in [0.15, 0.2) is 24.4 Å². The Kier molecular flexibility index (Phi) is 6.58. The second-order valence-electron chi connectivity index (χ2n) is 9.66. The van der Waals surface area contributed by atoms with E-state index in [1.807, 2.05) is 18.2 Å². The number of hydrogen-bond acceptors (Lipinski definition) is 5. The quantitative estimate of drug-likeness (QED) is 0.669. The van der Waals surface area contributed by atoms with Crippen molar-refractivity contribution in [2.24, 2.45) is 5.92 Å². The van der Waals surface area contributed by atoms with Crippen molar-refractivity contribution in [2.75, 3.05) is 33.3 Å². The SMILES string of the molecule is CC(C)CCN(C)[C@H]1CCN([C@]2(C(=O)c3ccccn3)CCOC(C)(C)C2)C1. The summed E-state index contributed by atoms with van der Waals surface area (Å²) in [6.07, 6.45) is 5.52. The van der Waals surface area contributed by atoms with Crippen LogP contribution in [0.2, 0.25) is 0 Å². The van der Waals surface area contributed by atoms with Crippen LogP contribution in [-0.2, 0) is 4.74 Å². The summed E-state index contributed by atoms with van der Waals surface area (Å²) in [5, 5.41) is 0. The maximum absolute atomic E-state index is 13.7. The van der Waals surface area contributed by atoms with Gasteiger partial charge >= 0.3 is 0 Å². The van der Waals surface area contributed by atoms with Gasteiger partial charge in [-0.1, -0.05) is 19.9 Å². The topological polar surface area (TPSA) is 45.7 Å². The van der Waals surface area contributed by atoms with Crippen LogP contribution >= 0.6 is 0 Å². The summed E-state index contributed by atoms with van der Waals surface area (Å²) in [4.78, 5) is 23.0. The molecule has 2 aliphatic rings. The Hall–Kier alpha value is -1.30. The van der Waals surface area contributed by atoms with Crippen LogP contribution in [0.4, 0.5) is 0 Å². The van der Waals surface area contributed by atoms with Crippen LogP contribution < -0.4 is 0 Å². The molecule has 0 spiro atoms. The van der Waals surface area contributed by atoms with Crippen molar-refractivity contribution in [3.63, 3.8) is 0 Å². The number of ketones is 1. The van der Waals surface area contributed by atoms with E-state index < -0.39 is 5.54 Å². The fourth-order valence-corrected chi connectivity index (χ4v) is 4.82. The van der Waals surface area contributed by atoms with Crippen molar-refractivity contribution in [1.29, 1.82) is 0 Å². The number of Topliss-reactive ketones (excluding diaryl/α,β-unsaturated/α-hetero) is 1. The number of carbonyl (C=O) groups is 1. The highest BCUT2D eigenvalue weighted by atomic mass is 16.5. The molecule has 0 bridgehead atoms. The number of hydrogen-bond donors (Lipinski definition) is 0. The molecule has 0 N–H and O–H groups in total. The van der Waals surface area contributed by atoms with Crippen molar-refractivity contribution < 1.29 is 9.53 Å². The summed E-state index contributed by atoms with van der Waals surface area (Å²) in [7, 11) is 2.23. The van der Waals surface area contributed by atoms with Gasteiger partial charge in [0.25, 0.3) is 0 Å². The second-order valence-corrected chi connectivity index (χ2v) is 9.66. The number of ether oxygens (including phenoxy) is 1. The van der Waals surface area contributed by atoms with E-state index in [2.05, 4.69) is 49.5 Å². The zero-order valence-electron chi connectivity index (χ0n) is 18.3. The third kappa shape index (κ3) is 4.64. The number of rotatable bonds is 7. The molecule has 0 aromatic carbocycles. The Labute approximate surface area is 170 Å². The average Bonchev–Trinajstić information content (AvgIpc) is 3.16. The smallest absolute Gasteiger partial charge is 0.201 e. The lowest BCUT2D eigenvalue weighted by Gasteiger charge is -2.48. The van der Waals surface area contributed by atoms with Gasteiger partial charge in [-0.05, 0) is 64.8 Å². The van der Waals surface area contributed by atoms with Gasteiger partial charge in [-0.3, -0.25) is 14.7 Å². The third-order valence-electron chi connectivity index (χ3n) is 6.50. The van der Waals surface area contributed by atoms with Crippen molar-refractivity contribution in [1.82, 2.24) is 14.8 Å². The van der Waals surface area contributed by atoms with Gasteiger partial charge in [0, 0.05) is 38.4 Å². The fraction of sp³-hybridized carbons (Fsp3) is 0.739. The minimum Gasteiger partial charge on any atom is -0.375 e. The first kappa shape index (κ1) is 21.4.